The van der Waals surface area contributed by atoms with Crippen molar-refractivity contribution < 1.29 is 19.5 Å². The number of fused-ring (bicyclic) bond motifs is 1. The van der Waals surface area contributed by atoms with Crippen molar-refractivity contribution in [2.24, 2.45) is 5.73 Å². The number of carbonyl (C=O) groups excluding carboxylic acids is 2. The van der Waals surface area contributed by atoms with E-state index in [4.69, 9.17) is 10.8 Å². The van der Waals surface area contributed by atoms with Crippen molar-refractivity contribution in [2.75, 3.05) is 0 Å². The lowest BCUT2D eigenvalue weighted by atomic mass is 10.1. The Labute approximate surface area is 109 Å². The van der Waals surface area contributed by atoms with Gasteiger partial charge in [0, 0.05) is 18.5 Å². The van der Waals surface area contributed by atoms with Crippen molar-refractivity contribution in [3.63, 3.8) is 0 Å². The van der Waals surface area contributed by atoms with E-state index in [-0.39, 0.29) is 18.7 Å². The summed E-state index contributed by atoms with van der Waals surface area (Å²) < 4.78 is 0. The first-order valence-electron chi connectivity index (χ1n) is 5.88. The molecule has 6 nitrogen and oxygen atoms in total. The number of benzene rings is 1. The van der Waals surface area contributed by atoms with E-state index in [9.17, 15) is 14.4 Å². The second kappa shape index (κ2) is 5.09. The maximum atomic E-state index is 12.2. The summed E-state index contributed by atoms with van der Waals surface area (Å²) in [6, 6.07) is 6.38. The van der Waals surface area contributed by atoms with Gasteiger partial charge < -0.3 is 15.7 Å². The van der Waals surface area contributed by atoms with Crippen LogP contribution in [0, 0.1) is 0 Å². The Morgan fingerprint density at radius 1 is 1.32 bits per heavy atom. The zero-order valence-corrected chi connectivity index (χ0v) is 10.2. The number of hydrogen-bond acceptors (Lipinski definition) is 3. The number of rotatable bonds is 5. The van der Waals surface area contributed by atoms with Crippen molar-refractivity contribution in [3.8, 4) is 0 Å². The zero-order valence-electron chi connectivity index (χ0n) is 10.2. The first-order valence-corrected chi connectivity index (χ1v) is 5.88. The molecule has 0 fully saturated rings. The van der Waals surface area contributed by atoms with E-state index in [2.05, 4.69) is 0 Å². The van der Waals surface area contributed by atoms with E-state index in [1.807, 2.05) is 12.1 Å². The number of primary amides is 1. The number of carboxylic acid groups (broad SMARTS) is 1. The molecule has 0 aromatic heterocycles. The number of carbonyl (C=O) groups is 3. The molecule has 1 aromatic rings. The van der Waals surface area contributed by atoms with Crippen LogP contribution in [-0.2, 0) is 16.1 Å². The van der Waals surface area contributed by atoms with Gasteiger partial charge in [0.05, 0.1) is 12.5 Å². The van der Waals surface area contributed by atoms with E-state index < -0.39 is 17.9 Å². The van der Waals surface area contributed by atoms with Gasteiger partial charge in [0.15, 0.2) is 0 Å². The fourth-order valence-electron chi connectivity index (χ4n) is 2.30. The minimum atomic E-state index is -1.06. The molecule has 6 heteroatoms. The van der Waals surface area contributed by atoms with Crippen LogP contribution in [0.5, 0.6) is 0 Å². The van der Waals surface area contributed by atoms with E-state index >= 15 is 0 Å². The summed E-state index contributed by atoms with van der Waals surface area (Å²) in [5.41, 5.74) is 6.52. The molecule has 1 heterocycles. The van der Waals surface area contributed by atoms with Gasteiger partial charge in [-0.15, -0.1) is 0 Å². The molecule has 1 aromatic carbocycles. The summed E-state index contributed by atoms with van der Waals surface area (Å²) in [6.45, 7) is 0.320. The van der Waals surface area contributed by atoms with Gasteiger partial charge in [0.25, 0.3) is 5.91 Å². The second-order valence-corrected chi connectivity index (χ2v) is 4.51. The SMILES string of the molecule is NC(=O)CC(CC(=O)O)N1Cc2ccccc2C1=O. The number of carboxylic acids is 1. The van der Waals surface area contributed by atoms with Crippen molar-refractivity contribution in [1.82, 2.24) is 4.90 Å². The number of nitrogens with two attached hydrogens (primary N) is 1. The molecular weight excluding hydrogens is 248 g/mol. The summed E-state index contributed by atoms with van der Waals surface area (Å²) in [5, 5.41) is 8.87. The smallest absolute Gasteiger partial charge is 0.305 e. The summed E-state index contributed by atoms with van der Waals surface area (Å²) in [5.74, 6) is -1.92. The van der Waals surface area contributed by atoms with Gasteiger partial charge in [-0.25, -0.2) is 0 Å². The van der Waals surface area contributed by atoms with Gasteiger partial charge >= 0.3 is 5.97 Å². The Balaban J connectivity index is 2.23. The van der Waals surface area contributed by atoms with E-state index in [0.29, 0.717) is 12.1 Å². The maximum Gasteiger partial charge on any atom is 0.305 e. The lowest BCUT2D eigenvalue weighted by Gasteiger charge is -2.25. The van der Waals surface area contributed by atoms with Gasteiger partial charge in [-0.2, -0.15) is 0 Å². The largest absolute Gasteiger partial charge is 0.481 e. The molecule has 0 bridgehead atoms. The zero-order chi connectivity index (χ0) is 14.0. The molecule has 3 N–H and O–H groups in total. The third kappa shape index (κ3) is 2.73. The third-order valence-electron chi connectivity index (χ3n) is 3.14. The predicted octanol–water partition coefficient (Wildman–Crippen LogP) is 0.361. The Morgan fingerprint density at radius 3 is 2.58 bits per heavy atom. The van der Waals surface area contributed by atoms with Crippen molar-refractivity contribution in [3.05, 3.63) is 35.4 Å². The van der Waals surface area contributed by atoms with Gasteiger partial charge in [-0.05, 0) is 11.6 Å². The van der Waals surface area contributed by atoms with Crippen LogP contribution in [-0.4, -0.2) is 33.8 Å². The van der Waals surface area contributed by atoms with Gasteiger partial charge in [-0.1, -0.05) is 18.2 Å². The Morgan fingerprint density at radius 2 is 2.00 bits per heavy atom. The van der Waals surface area contributed by atoms with Crippen LogP contribution in [0.25, 0.3) is 0 Å². The summed E-state index contributed by atoms with van der Waals surface area (Å²) in [6.07, 6.45) is -0.436. The lowest BCUT2D eigenvalue weighted by molar-refractivity contribution is -0.138. The normalized spacial score (nSPS) is 15.2. The molecule has 0 saturated heterocycles. The molecule has 100 valence electrons. The molecular formula is C13H14N2O4. The van der Waals surface area contributed by atoms with Crippen LogP contribution in [0.15, 0.2) is 24.3 Å². The van der Waals surface area contributed by atoms with E-state index in [1.165, 1.54) is 4.90 Å². The highest BCUT2D eigenvalue weighted by molar-refractivity contribution is 5.99. The van der Waals surface area contributed by atoms with Gasteiger partial charge in [0.2, 0.25) is 5.91 Å². The van der Waals surface area contributed by atoms with Crippen LogP contribution < -0.4 is 5.73 Å². The maximum absolute atomic E-state index is 12.2. The highest BCUT2D eigenvalue weighted by atomic mass is 16.4. The van der Waals surface area contributed by atoms with E-state index in [1.54, 1.807) is 12.1 Å². The van der Waals surface area contributed by atoms with Crippen LogP contribution >= 0.6 is 0 Å². The first kappa shape index (κ1) is 13.1. The lowest BCUT2D eigenvalue weighted by Crippen LogP contribution is -2.39. The molecule has 0 spiro atoms. The third-order valence-corrected chi connectivity index (χ3v) is 3.14. The Kier molecular flexibility index (Phi) is 3.50. The molecule has 2 rings (SSSR count). The second-order valence-electron chi connectivity index (χ2n) is 4.51. The molecule has 0 aliphatic carbocycles. The standard InChI is InChI=1S/C13H14N2O4/c14-11(16)5-9(6-12(17)18)15-7-8-3-1-2-4-10(8)13(15)19/h1-4,9H,5-7H2,(H2,14,16)(H,17,18). The molecule has 1 aliphatic heterocycles. The number of nitrogens with zero attached hydrogens (tertiary/aromatic N) is 1. The summed E-state index contributed by atoms with van der Waals surface area (Å²) >= 11 is 0. The molecule has 2 amide bonds. The average molecular weight is 262 g/mol. The van der Waals surface area contributed by atoms with Crippen molar-refractivity contribution >= 4 is 17.8 Å². The van der Waals surface area contributed by atoms with E-state index in [0.717, 1.165) is 5.56 Å². The van der Waals surface area contributed by atoms with Crippen LogP contribution in [0.3, 0.4) is 0 Å². The minimum Gasteiger partial charge on any atom is -0.481 e. The van der Waals surface area contributed by atoms with Crippen LogP contribution in [0.1, 0.15) is 28.8 Å². The first-order chi connectivity index (χ1) is 8.99. The van der Waals surface area contributed by atoms with Gasteiger partial charge in [-0.3, -0.25) is 14.4 Å². The number of hydrogen-bond donors (Lipinski definition) is 2. The quantitative estimate of drug-likeness (QED) is 0.800. The molecule has 19 heavy (non-hydrogen) atoms. The minimum absolute atomic E-state index is 0.147. The molecule has 1 unspecified atom stereocenters. The summed E-state index contributed by atoms with van der Waals surface area (Å²) in [4.78, 5) is 35.4. The fraction of sp³-hybridized carbons (Fsp3) is 0.308. The summed E-state index contributed by atoms with van der Waals surface area (Å²) in [7, 11) is 0. The number of amides is 2. The topological polar surface area (TPSA) is 101 Å². The Hall–Kier alpha value is -2.37. The van der Waals surface area contributed by atoms with Gasteiger partial charge in [0.1, 0.15) is 0 Å². The number of aliphatic carboxylic acids is 1. The molecule has 0 saturated carbocycles. The molecule has 0 radical (unpaired) electrons. The Bertz CT molecular complexity index is 525. The monoisotopic (exact) mass is 262 g/mol. The highest BCUT2D eigenvalue weighted by Gasteiger charge is 2.34. The molecule has 1 atom stereocenters. The molecule has 1 aliphatic rings. The highest BCUT2D eigenvalue weighted by Crippen LogP contribution is 2.26. The fourth-order valence-corrected chi connectivity index (χ4v) is 2.30. The van der Waals surface area contributed by atoms with Crippen molar-refractivity contribution in [2.45, 2.75) is 25.4 Å². The van der Waals surface area contributed by atoms with Crippen LogP contribution in [0.4, 0.5) is 0 Å². The average Bonchev–Trinajstić information content (AvgIpc) is 2.65. The van der Waals surface area contributed by atoms with Crippen molar-refractivity contribution in [1.29, 1.82) is 0 Å². The predicted molar refractivity (Wildman–Crippen MR) is 66.2 cm³/mol. The van der Waals surface area contributed by atoms with Crippen LogP contribution in [0.2, 0.25) is 0 Å².